The van der Waals surface area contributed by atoms with Crippen molar-refractivity contribution in [2.45, 2.75) is 36.1 Å². The van der Waals surface area contributed by atoms with Crippen LogP contribution in [0.5, 0.6) is 0 Å². The van der Waals surface area contributed by atoms with Crippen LogP contribution < -0.4 is 11.1 Å². The zero-order valence-electron chi connectivity index (χ0n) is 17.0. The summed E-state index contributed by atoms with van der Waals surface area (Å²) < 4.78 is 26.3. The van der Waals surface area contributed by atoms with Crippen molar-refractivity contribution in [2.75, 3.05) is 19.6 Å². The highest BCUT2D eigenvalue weighted by Gasteiger charge is 2.38. The zero-order chi connectivity index (χ0) is 22.1. The van der Waals surface area contributed by atoms with Gasteiger partial charge in [-0.2, -0.15) is 0 Å². The highest BCUT2D eigenvalue weighted by Crippen LogP contribution is 2.26. The van der Waals surface area contributed by atoms with Gasteiger partial charge < -0.3 is 16.0 Å². The Morgan fingerprint density at radius 2 is 1.81 bits per heavy atom. The largest absolute Gasteiger partial charge is 0.370 e. The van der Waals surface area contributed by atoms with E-state index >= 15 is 0 Å². The molecule has 10 heteroatoms. The van der Waals surface area contributed by atoms with E-state index in [-0.39, 0.29) is 40.5 Å². The van der Waals surface area contributed by atoms with Crippen molar-refractivity contribution < 1.29 is 18.0 Å². The van der Waals surface area contributed by atoms with Gasteiger partial charge in [0.1, 0.15) is 0 Å². The molecule has 164 valence electrons. The maximum Gasteiger partial charge on any atom is 0.267 e. The Morgan fingerprint density at radius 3 is 2.45 bits per heavy atom. The van der Waals surface area contributed by atoms with E-state index in [0.29, 0.717) is 25.6 Å². The van der Waals surface area contributed by atoms with Gasteiger partial charge in [0.15, 0.2) is 11.7 Å². The molecule has 1 aromatic carbocycles. The smallest absolute Gasteiger partial charge is 0.267 e. The van der Waals surface area contributed by atoms with E-state index in [2.05, 4.69) is 10.3 Å². The average molecular weight is 444 g/mol. The molecule has 3 N–H and O–H groups in total. The molecule has 1 saturated heterocycles. The Kier molecular flexibility index (Phi) is 5.57. The number of benzene rings is 1. The lowest BCUT2D eigenvalue weighted by Gasteiger charge is -2.39. The number of guanidine groups is 1. The van der Waals surface area contributed by atoms with Crippen molar-refractivity contribution in [1.82, 2.24) is 14.2 Å². The number of nitrogens with one attached hydrogen (secondary N) is 1. The normalized spacial score (nSPS) is 17.9. The maximum absolute atomic E-state index is 12.6. The van der Waals surface area contributed by atoms with Crippen LogP contribution in [0.3, 0.4) is 0 Å². The van der Waals surface area contributed by atoms with Crippen LogP contribution in [0, 0.1) is 0 Å². The standard InChI is InChI=1S/C21H25N5O4S/c22-20-23-15-21(24-20)9-12-25(13-10-21)19(28)7-6-18(27)16-8-11-26(14-16)31(29,30)17-4-2-1-3-5-17/h1-5,8,11,14H,6-7,9-10,12-13,15H2,(H3,22,23,24). The van der Waals surface area contributed by atoms with E-state index < -0.39 is 10.0 Å². The number of hydrogen-bond acceptors (Lipinski definition) is 7. The molecule has 0 aliphatic carbocycles. The van der Waals surface area contributed by atoms with Crippen molar-refractivity contribution in [1.29, 1.82) is 0 Å². The van der Waals surface area contributed by atoms with E-state index in [1.165, 1.54) is 30.6 Å². The fourth-order valence-electron chi connectivity index (χ4n) is 3.98. The molecule has 2 aliphatic rings. The van der Waals surface area contributed by atoms with Crippen LogP contribution in [-0.2, 0) is 14.8 Å². The van der Waals surface area contributed by atoms with E-state index in [1.54, 1.807) is 23.1 Å². The predicted molar refractivity (Wildman–Crippen MR) is 115 cm³/mol. The molecule has 1 fully saturated rings. The Morgan fingerprint density at radius 1 is 1.10 bits per heavy atom. The van der Waals surface area contributed by atoms with Crippen molar-refractivity contribution in [3.05, 3.63) is 54.4 Å². The van der Waals surface area contributed by atoms with Gasteiger partial charge in [-0.15, -0.1) is 0 Å². The van der Waals surface area contributed by atoms with Gasteiger partial charge in [0.05, 0.1) is 17.0 Å². The van der Waals surface area contributed by atoms with Crippen LogP contribution in [-0.4, -0.2) is 60.1 Å². The third-order valence-corrected chi connectivity index (χ3v) is 7.54. The number of hydrogen-bond donors (Lipinski definition) is 2. The molecular formula is C21H25N5O4S. The quantitative estimate of drug-likeness (QED) is 0.641. The van der Waals surface area contributed by atoms with Crippen molar-refractivity contribution >= 4 is 27.7 Å². The van der Waals surface area contributed by atoms with Crippen molar-refractivity contribution in [2.24, 2.45) is 10.7 Å². The van der Waals surface area contributed by atoms with Gasteiger partial charge in [-0.3, -0.25) is 14.6 Å². The van der Waals surface area contributed by atoms with Gasteiger partial charge in [-0.05, 0) is 31.0 Å². The lowest BCUT2D eigenvalue weighted by molar-refractivity contribution is -0.132. The molecule has 1 amide bonds. The number of aliphatic imine (C=N–C) groups is 1. The van der Waals surface area contributed by atoms with E-state index in [9.17, 15) is 18.0 Å². The molecule has 31 heavy (non-hydrogen) atoms. The Bertz CT molecular complexity index is 1120. The van der Waals surface area contributed by atoms with Crippen LogP contribution in [0.4, 0.5) is 0 Å². The molecule has 1 aromatic heterocycles. The Balaban J connectivity index is 1.31. The Hall–Kier alpha value is -3.14. The van der Waals surface area contributed by atoms with Crippen LogP contribution >= 0.6 is 0 Å². The summed E-state index contributed by atoms with van der Waals surface area (Å²) in [5.74, 6) is 0.112. The van der Waals surface area contributed by atoms with Crippen LogP contribution in [0.2, 0.25) is 0 Å². The predicted octanol–water partition coefficient (Wildman–Crippen LogP) is 0.967. The fourth-order valence-corrected chi connectivity index (χ4v) is 5.20. The summed E-state index contributed by atoms with van der Waals surface area (Å²) in [6.07, 6.45) is 4.30. The molecule has 4 rings (SSSR count). The van der Waals surface area contributed by atoms with Crippen molar-refractivity contribution in [3.8, 4) is 0 Å². The lowest BCUT2D eigenvalue weighted by atomic mass is 9.88. The molecule has 0 bridgehead atoms. The third-order valence-electron chi connectivity index (χ3n) is 5.89. The lowest BCUT2D eigenvalue weighted by Crippen LogP contribution is -2.55. The minimum absolute atomic E-state index is 0.0319. The number of likely N-dealkylation sites (tertiary alicyclic amines) is 1. The number of piperidine rings is 1. The van der Waals surface area contributed by atoms with Crippen LogP contribution in [0.15, 0.2) is 58.7 Å². The summed E-state index contributed by atoms with van der Waals surface area (Å²) >= 11 is 0. The highest BCUT2D eigenvalue weighted by atomic mass is 32.2. The summed E-state index contributed by atoms with van der Waals surface area (Å²) in [4.78, 5) is 31.2. The van der Waals surface area contributed by atoms with E-state index in [1.807, 2.05) is 0 Å². The first-order valence-electron chi connectivity index (χ1n) is 10.2. The minimum atomic E-state index is -3.75. The number of nitrogens with two attached hydrogens (primary N) is 1. The van der Waals surface area contributed by atoms with E-state index in [0.717, 1.165) is 16.8 Å². The summed E-state index contributed by atoms with van der Waals surface area (Å²) in [6, 6.07) is 9.48. The Labute approximate surface area is 181 Å². The second kappa shape index (κ2) is 8.18. The molecular weight excluding hydrogens is 418 g/mol. The monoisotopic (exact) mass is 443 g/mol. The molecule has 0 radical (unpaired) electrons. The first-order chi connectivity index (χ1) is 14.8. The molecule has 0 unspecified atom stereocenters. The van der Waals surface area contributed by atoms with Crippen molar-refractivity contribution in [3.63, 3.8) is 0 Å². The molecule has 9 nitrogen and oxygen atoms in total. The number of aromatic nitrogens is 1. The SMILES string of the molecule is NC1=NCC2(CCN(C(=O)CCC(=O)c3ccn(S(=O)(=O)c4ccccc4)c3)CC2)N1. The fraction of sp³-hybridized carbons (Fsp3) is 0.381. The summed E-state index contributed by atoms with van der Waals surface area (Å²) in [5.41, 5.74) is 5.84. The van der Waals surface area contributed by atoms with Gasteiger partial charge in [-0.1, -0.05) is 18.2 Å². The van der Waals surface area contributed by atoms with Crippen LogP contribution in [0.1, 0.15) is 36.0 Å². The molecule has 2 aliphatic heterocycles. The number of rotatable bonds is 6. The highest BCUT2D eigenvalue weighted by molar-refractivity contribution is 7.90. The first kappa shape index (κ1) is 21.1. The first-order valence-corrected chi connectivity index (χ1v) is 11.6. The molecule has 0 atom stereocenters. The van der Waals surface area contributed by atoms with Gasteiger partial charge in [0, 0.05) is 43.9 Å². The molecule has 0 saturated carbocycles. The maximum atomic E-state index is 12.6. The zero-order valence-corrected chi connectivity index (χ0v) is 17.8. The number of ketones is 1. The number of nitrogens with zero attached hydrogens (tertiary/aromatic N) is 3. The summed E-state index contributed by atoms with van der Waals surface area (Å²) in [5, 5.41) is 3.21. The molecule has 1 spiro atoms. The summed E-state index contributed by atoms with van der Waals surface area (Å²) in [7, 11) is -3.75. The second-order valence-corrected chi connectivity index (χ2v) is 9.80. The second-order valence-electron chi connectivity index (χ2n) is 7.96. The number of amides is 1. The van der Waals surface area contributed by atoms with Crippen LogP contribution in [0.25, 0.3) is 0 Å². The summed E-state index contributed by atoms with van der Waals surface area (Å²) in [6.45, 7) is 1.81. The number of Topliss-reactive ketones (excluding diaryl/α,β-unsaturated/α-hetero) is 1. The molecule has 2 aromatic rings. The van der Waals surface area contributed by atoms with Gasteiger partial charge in [0.25, 0.3) is 10.0 Å². The number of carbonyl (C=O) groups is 2. The topological polar surface area (TPSA) is 127 Å². The minimum Gasteiger partial charge on any atom is -0.370 e. The van der Waals surface area contributed by atoms with E-state index in [4.69, 9.17) is 5.73 Å². The molecule has 3 heterocycles. The number of carbonyl (C=O) groups excluding carboxylic acids is 2. The van der Waals surface area contributed by atoms with Gasteiger partial charge in [-0.25, -0.2) is 12.4 Å². The third kappa shape index (κ3) is 4.34. The van der Waals surface area contributed by atoms with Gasteiger partial charge in [0.2, 0.25) is 5.91 Å². The average Bonchev–Trinajstić information content (AvgIpc) is 3.41. The van der Waals surface area contributed by atoms with Gasteiger partial charge >= 0.3 is 0 Å².